The molecule has 21 heavy (non-hydrogen) atoms. The summed E-state index contributed by atoms with van der Waals surface area (Å²) in [7, 11) is 0. The van der Waals surface area contributed by atoms with Gasteiger partial charge in [0.2, 0.25) is 0 Å². The van der Waals surface area contributed by atoms with E-state index in [0.29, 0.717) is 5.00 Å². The predicted molar refractivity (Wildman–Crippen MR) is 85.4 cm³/mol. The number of thiophene rings is 1. The number of nitrogen functional groups attached to an aromatic ring is 1. The Hall–Kier alpha value is -1.76. The van der Waals surface area contributed by atoms with E-state index < -0.39 is 11.8 Å². The molecule has 0 spiro atoms. The predicted octanol–water partition coefficient (Wildman–Crippen LogP) is 1.91. The van der Waals surface area contributed by atoms with Crippen LogP contribution in [-0.2, 0) is 0 Å². The molecule has 0 aliphatic heterocycles. The van der Waals surface area contributed by atoms with Crippen LogP contribution in [0.4, 0.5) is 10.7 Å². The van der Waals surface area contributed by atoms with Crippen LogP contribution in [0.5, 0.6) is 0 Å². The van der Waals surface area contributed by atoms with Crippen LogP contribution < -0.4 is 22.5 Å². The number of hydrogen-bond donors (Lipinski definition) is 4. The Kier molecular flexibility index (Phi) is 4.72. The van der Waals surface area contributed by atoms with Gasteiger partial charge >= 0.3 is 0 Å². The number of nitrogens with two attached hydrogens (primary N) is 3. The molecular weight excluding hydrogens is 288 g/mol. The topological polar surface area (TPSA) is 124 Å². The van der Waals surface area contributed by atoms with Crippen LogP contribution in [0.1, 0.15) is 59.1 Å². The van der Waals surface area contributed by atoms with Crippen LogP contribution in [0.15, 0.2) is 0 Å². The number of amides is 2. The summed E-state index contributed by atoms with van der Waals surface area (Å²) in [5, 5.41) is 3.89. The van der Waals surface area contributed by atoms with Gasteiger partial charge in [-0.1, -0.05) is 13.3 Å². The van der Waals surface area contributed by atoms with Gasteiger partial charge in [0.05, 0.1) is 11.3 Å². The average Bonchev–Trinajstić information content (AvgIpc) is 2.76. The van der Waals surface area contributed by atoms with Crippen molar-refractivity contribution >= 4 is 33.8 Å². The first-order valence-corrected chi connectivity index (χ1v) is 8.04. The zero-order valence-electron chi connectivity index (χ0n) is 12.1. The second kappa shape index (κ2) is 6.34. The van der Waals surface area contributed by atoms with E-state index in [9.17, 15) is 9.59 Å². The number of hydrogen-bond acceptors (Lipinski definition) is 5. The van der Waals surface area contributed by atoms with Crippen molar-refractivity contribution in [1.29, 1.82) is 0 Å². The summed E-state index contributed by atoms with van der Waals surface area (Å²) in [5.41, 5.74) is 16.7. The van der Waals surface area contributed by atoms with E-state index in [1.165, 1.54) is 19.3 Å². The summed E-state index contributed by atoms with van der Waals surface area (Å²) < 4.78 is 0. The van der Waals surface area contributed by atoms with E-state index in [-0.39, 0.29) is 22.2 Å². The standard InChI is InChI=1S/C14H22N4O2S/c1-2-7-3-5-8(6-4-7)18-14-9(12(16)19)10(15)11(21-14)13(17)20/h7-8,18H,2-6,15H2,1H3,(H2,16,19)(H2,17,20). The van der Waals surface area contributed by atoms with E-state index in [4.69, 9.17) is 17.2 Å². The first kappa shape index (κ1) is 15.6. The lowest BCUT2D eigenvalue weighted by molar-refractivity contribution is 0.0999. The number of anilines is 2. The summed E-state index contributed by atoms with van der Waals surface area (Å²) in [6.45, 7) is 2.21. The summed E-state index contributed by atoms with van der Waals surface area (Å²) in [5.74, 6) is -0.489. The number of carbonyl (C=O) groups is 2. The zero-order chi connectivity index (χ0) is 15.6. The van der Waals surface area contributed by atoms with Crippen molar-refractivity contribution in [2.24, 2.45) is 17.4 Å². The fourth-order valence-corrected chi connectivity index (χ4v) is 3.93. The molecule has 7 N–H and O–H groups in total. The highest BCUT2D eigenvalue weighted by Crippen LogP contribution is 2.37. The van der Waals surface area contributed by atoms with Crippen LogP contribution in [0.25, 0.3) is 0 Å². The second-order valence-corrected chi connectivity index (χ2v) is 6.57. The second-order valence-electron chi connectivity index (χ2n) is 5.55. The molecule has 0 atom stereocenters. The van der Waals surface area contributed by atoms with Crippen molar-refractivity contribution in [1.82, 2.24) is 0 Å². The van der Waals surface area contributed by atoms with Gasteiger partial charge in [-0.05, 0) is 31.6 Å². The molecule has 1 heterocycles. The monoisotopic (exact) mass is 310 g/mol. The van der Waals surface area contributed by atoms with Gasteiger partial charge in [0.25, 0.3) is 11.8 Å². The van der Waals surface area contributed by atoms with Gasteiger partial charge in [-0.2, -0.15) is 0 Å². The highest BCUT2D eigenvalue weighted by atomic mass is 32.1. The van der Waals surface area contributed by atoms with E-state index >= 15 is 0 Å². The smallest absolute Gasteiger partial charge is 0.260 e. The van der Waals surface area contributed by atoms with Crippen molar-refractivity contribution in [2.75, 3.05) is 11.1 Å². The molecule has 2 amide bonds. The Morgan fingerprint density at radius 2 is 1.81 bits per heavy atom. The summed E-state index contributed by atoms with van der Waals surface area (Å²) >= 11 is 1.11. The largest absolute Gasteiger partial charge is 0.397 e. The third kappa shape index (κ3) is 3.29. The van der Waals surface area contributed by atoms with Crippen molar-refractivity contribution < 1.29 is 9.59 Å². The molecule has 6 nitrogen and oxygen atoms in total. The Morgan fingerprint density at radius 3 is 2.29 bits per heavy atom. The summed E-state index contributed by atoms with van der Waals surface area (Å²) in [6, 6.07) is 0.282. The average molecular weight is 310 g/mol. The normalized spacial score (nSPS) is 22.0. The fourth-order valence-electron chi connectivity index (χ4n) is 2.87. The SMILES string of the molecule is CCC1CCC(Nc2sc(C(N)=O)c(N)c2C(N)=O)CC1. The van der Waals surface area contributed by atoms with Crippen molar-refractivity contribution in [3.8, 4) is 0 Å². The summed E-state index contributed by atoms with van der Waals surface area (Å²) in [6.07, 6.45) is 5.63. The molecule has 0 unspecified atom stereocenters. The fraction of sp³-hybridized carbons (Fsp3) is 0.571. The lowest BCUT2D eigenvalue weighted by Gasteiger charge is -2.28. The Labute approximate surface area is 128 Å². The van der Waals surface area contributed by atoms with Crippen LogP contribution in [0.2, 0.25) is 0 Å². The third-order valence-electron chi connectivity index (χ3n) is 4.17. The van der Waals surface area contributed by atoms with Gasteiger partial charge in [0.15, 0.2) is 0 Å². The van der Waals surface area contributed by atoms with Gasteiger partial charge in [-0.15, -0.1) is 11.3 Å². The first-order chi connectivity index (χ1) is 9.93. The molecule has 0 saturated heterocycles. The first-order valence-electron chi connectivity index (χ1n) is 7.22. The molecular formula is C14H22N4O2S. The zero-order valence-corrected chi connectivity index (χ0v) is 13.0. The molecule has 1 aliphatic carbocycles. The van der Waals surface area contributed by atoms with Crippen LogP contribution in [0.3, 0.4) is 0 Å². The minimum Gasteiger partial charge on any atom is -0.397 e. The van der Waals surface area contributed by atoms with Gasteiger partial charge < -0.3 is 22.5 Å². The molecule has 1 aromatic rings. The van der Waals surface area contributed by atoms with Gasteiger partial charge in [0.1, 0.15) is 9.88 Å². The van der Waals surface area contributed by atoms with Gasteiger partial charge in [-0.3, -0.25) is 9.59 Å². The highest BCUT2D eigenvalue weighted by molar-refractivity contribution is 7.19. The Bertz CT molecular complexity index is 547. The number of rotatable bonds is 5. The minimum absolute atomic E-state index is 0.0877. The molecule has 2 rings (SSSR count). The molecule has 0 radical (unpaired) electrons. The molecule has 1 saturated carbocycles. The molecule has 1 aromatic heterocycles. The van der Waals surface area contributed by atoms with E-state index in [1.807, 2.05) is 0 Å². The summed E-state index contributed by atoms with van der Waals surface area (Å²) in [4.78, 5) is 23.1. The molecule has 0 aromatic carbocycles. The van der Waals surface area contributed by atoms with Crippen LogP contribution in [0, 0.1) is 5.92 Å². The van der Waals surface area contributed by atoms with Gasteiger partial charge in [0, 0.05) is 6.04 Å². The molecule has 116 valence electrons. The number of primary amides is 2. The van der Waals surface area contributed by atoms with Crippen molar-refractivity contribution in [3.63, 3.8) is 0 Å². The lowest BCUT2D eigenvalue weighted by Crippen LogP contribution is -2.26. The van der Waals surface area contributed by atoms with Gasteiger partial charge in [-0.25, -0.2) is 0 Å². The van der Waals surface area contributed by atoms with E-state index in [1.54, 1.807) is 0 Å². The molecule has 7 heteroatoms. The number of nitrogens with one attached hydrogen (secondary N) is 1. The van der Waals surface area contributed by atoms with E-state index in [2.05, 4.69) is 12.2 Å². The van der Waals surface area contributed by atoms with Crippen molar-refractivity contribution in [2.45, 2.75) is 45.1 Å². The quantitative estimate of drug-likeness (QED) is 0.663. The highest BCUT2D eigenvalue weighted by Gasteiger charge is 2.26. The maximum atomic E-state index is 11.6. The third-order valence-corrected chi connectivity index (χ3v) is 5.33. The maximum absolute atomic E-state index is 11.6. The molecule has 0 bridgehead atoms. The Morgan fingerprint density at radius 1 is 1.19 bits per heavy atom. The van der Waals surface area contributed by atoms with E-state index in [0.717, 1.165) is 30.1 Å². The molecule has 1 fully saturated rings. The maximum Gasteiger partial charge on any atom is 0.260 e. The van der Waals surface area contributed by atoms with Crippen molar-refractivity contribution in [3.05, 3.63) is 10.4 Å². The van der Waals surface area contributed by atoms with Crippen LogP contribution in [-0.4, -0.2) is 17.9 Å². The molecule has 1 aliphatic rings. The lowest BCUT2D eigenvalue weighted by atomic mass is 9.84. The number of carbonyl (C=O) groups excluding carboxylic acids is 2. The Balaban J connectivity index is 2.18. The minimum atomic E-state index is -0.638. The van der Waals surface area contributed by atoms with Crippen LogP contribution >= 0.6 is 11.3 Å².